The van der Waals surface area contributed by atoms with Crippen LogP contribution < -0.4 is 10.6 Å². The van der Waals surface area contributed by atoms with Gasteiger partial charge in [-0.25, -0.2) is 0 Å². The molecule has 188 valence electrons. The van der Waals surface area contributed by atoms with Crippen molar-refractivity contribution in [1.82, 2.24) is 10.6 Å². The Morgan fingerprint density at radius 3 is 2.28 bits per heavy atom. The van der Waals surface area contributed by atoms with Crippen LogP contribution in [0.4, 0.5) is 0 Å². The molecule has 4 nitrogen and oxygen atoms in total. The maximum absolute atomic E-state index is 13.8. The first-order valence-electron chi connectivity index (χ1n) is 13.8. The molecule has 3 aliphatic carbocycles. The summed E-state index contributed by atoms with van der Waals surface area (Å²) in [5.74, 6) is 1.05. The minimum Gasteiger partial charge on any atom is -0.387 e. The van der Waals surface area contributed by atoms with E-state index in [9.17, 15) is 9.59 Å². The van der Waals surface area contributed by atoms with Gasteiger partial charge >= 0.3 is 0 Å². The minimum absolute atomic E-state index is 0.0627. The lowest BCUT2D eigenvalue weighted by molar-refractivity contribution is -0.136. The molecule has 4 aliphatic rings. The highest BCUT2D eigenvalue weighted by Gasteiger charge is 2.58. The molecule has 2 N–H and O–H groups in total. The molecular weight excluding hydrogens is 444 g/mol. The van der Waals surface area contributed by atoms with Crippen molar-refractivity contribution in [3.05, 3.63) is 83.6 Å². The second-order valence-electron chi connectivity index (χ2n) is 12.2. The third-order valence-corrected chi connectivity index (χ3v) is 10.3. The average Bonchev–Trinajstić information content (AvgIpc) is 3.30. The maximum Gasteiger partial charge on any atom is 0.231 e. The number of rotatable bonds is 4. The first kappa shape index (κ1) is 23.5. The topological polar surface area (TPSA) is 58.2 Å². The van der Waals surface area contributed by atoms with Gasteiger partial charge in [0.15, 0.2) is 5.78 Å². The van der Waals surface area contributed by atoms with Crippen molar-refractivity contribution >= 4 is 11.7 Å². The summed E-state index contributed by atoms with van der Waals surface area (Å²) in [6.07, 6.45) is 8.86. The molecule has 0 spiro atoms. The van der Waals surface area contributed by atoms with E-state index in [4.69, 9.17) is 0 Å². The van der Waals surface area contributed by atoms with Gasteiger partial charge in [-0.1, -0.05) is 80.9 Å². The molecule has 36 heavy (non-hydrogen) atoms. The molecule has 1 heterocycles. The summed E-state index contributed by atoms with van der Waals surface area (Å²) in [6.45, 7) is 5.79. The number of carbonyl (C=O) groups excluding carboxylic acids is 2. The highest BCUT2D eigenvalue weighted by Crippen LogP contribution is 2.62. The van der Waals surface area contributed by atoms with Crippen LogP contribution in [0.3, 0.4) is 0 Å². The van der Waals surface area contributed by atoms with E-state index in [1.54, 1.807) is 6.08 Å². The molecule has 6 atom stereocenters. The zero-order valence-corrected chi connectivity index (χ0v) is 21.5. The van der Waals surface area contributed by atoms with E-state index in [0.29, 0.717) is 23.7 Å². The van der Waals surface area contributed by atoms with Gasteiger partial charge in [0.1, 0.15) is 5.92 Å². The molecule has 1 unspecified atom stereocenters. The van der Waals surface area contributed by atoms with E-state index in [2.05, 4.69) is 24.5 Å². The molecule has 2 saturated carbocycles. The van der Waals surface area contributed by atoms with Gasteiger partial charge in [-0.05, 0) is 66.4 Å². The first-order chi connectivity index (χ1) is 17.4. The van der Waals surface area contributed by atoms with Crippen molar-refractivity contribution in [3.63, 3.8) is 0 Å². The number of hydrogen-bond acceptors (Lipinski definition) is 3. The van der Waals surface area contributed by atoms with Crippen LogP contribution in [0.15, 0.2) is 72.4 Å². The van der Waals surface area contributed by atoms with Gasteiger partial charge in [-0.15, -0.1) is 0 Å². The molecule has 0 aromatic heterocycles. The normalized spacial score (nSPS) is 35.2. The fraction of sp³-hybridized carbons (Fsp3) is 0.500. The van der Waals surface area contributed by atoms with Crippen LogP contribution >= 0.6 is 0 Å². The van der Waals surface area contributed by atoms with Gasteiger partial charge in [0.2, 0.25) is 5.91 Å². The van der Waals surface area contributed by atoms with Crippen molar-refractivity contribution in [2.75, 3.05) is 6.54 Å². The third kappa shape index (κ3) is 3.81. The molecular formula is C32H38N2O2. The van der Waals surface area contributed by atoms with Gasteiger partial charge in [0.25, 0.3) is 0 Å². The monoisotopic (exact) mass is 482 g/mol. The summed E-state index contributed by atoms with van der Waals surface area (Å²) in [5.41, 5.74) is 3.44. The number of ketones is 1. The van der Waals surface area contributed by atoms with E-state index in [-0.39, 0.29) is 23.1 Å². The molecule has 2 aromatic carbocycles. The number of hydrogen-bond donors (Lipinski definition) is 2. The predicted molar refractivity (Wildman–Crippen MR) is 142 cm³/mol. The number of piperidine rings is 1. The summed E-state index contributed by atoms with van der Waals surface area (Å²) in [4.78, 5) is 27.1. The lowest BCUT2D eigenvalue weighted by Gasteiger charge is -2.58. The van der Waals surface area contributed by atoms with Crippen molar-refractivity contribution < 1.29 is 9.59 Å². The molecule has 4 heteroatoms. The van der Waals surface area contributed by atoms with Gasteiger partial charge in [-0.3, -0.25) is 9.59 Å². The molecule has 2 aromatic rings. The summed E-state index contributed by atoms with van der Waals surface area (Å²) < 4.78 is 0. The zero-order valence-electron chi connectivity index (χ0n) is 21.5. The Morgan fingerprint density at radius 1 is 0.944 bits per heavy atom. The Hall–Kier alpha value is -2.88. The number of allylic oxidation sites excluding steroid dienone is 2. The Morgan fingerprint density at radius 2 is 1.61 bits per heavy atom. The van der Waals surface area contributed by atoms with E-state index < -0.39 is 5.92 Å². The highest BCUT2D eigenvalue weighted by atomic mass is 16.2. The third-order valence-electron chi connectivity index (χ3n) is 10.3. The Kier molecular flexibility index (Phi) is 5.81. The van der Waals surface area contributed by atoms with Crippen LogP contribution in [0.2, 0.25) is 0 Å². The molecule has 0 radical (unpaired) electrons. The molecule has 1 aliphatic heterocycles. The van der Waals surface area contributed by atoms with Crippen LogP contribution in [0.5, 0.6) is 0 Å². The average molecular weight is 483 g/mol. The van der Waals surface area contributed by atoms with Crippen molar-refractivity contribution in [2.24, 2.45) is 34.5 Å². The molecule has 6 rings (SSSR count). The van der Waals surface area contributed by atoms with Gasteiger partial charge < -0.3 is 10.6 Å². The van der Waals surface area contributed by atoms with E-state index in [0.717, 1.165) is 29.3 Å². The molecule has 1 saturated heterocycles. The minimum atomic E-state index is -0.647. The summed E-state index contributed by atoms with van der Waals surface area (Å²) in [5, 5.41) is 6.95. The number of carbonyl (C=O) groups is 2. The number of benzene rings is 2. The van der Waals surface area contributed by atoms with Crippen molar-refractivity contribution in [3.8, 4) is 0 Å². The molecule has 3 fully saturated rings. The Bertz CT molecular complexity index is 1140. The van der Waals surface area contributed by atoms with Gasteiger partial charge in [0, 0.05) is 23.7 Å². The van der Waals surface area contributed by atoms with Crippen LogP contribution in [-0.2, 0) is 9.59 Å². The van der Waals surface area contributed by atoms with Crippen LogP contribution in [0, 0.1) is 34.5 Å². The second kappa shape index (κ2) is 8.90. The highest BCUT2D eigenvalue weighted by molar-refractivity contribution is 6.08. The number of amides is 1. The second-order valence-corrected chi connectivity index (χ2v) is 12.2. The number of fused-ring (bicyclic) bond motifs is 5. The zero-order chi connectivity index (χ0) is 24.9. The standard InChI is InChI=1S/C32H38N2O2/c1-31-16-9-14-25(31)24-20-33-28-18-27(35)23(19-32(28,2)26(24)15-17-31)30(36)34-29(21-10-5-3-6-11-21)22-12-7-4-8-13-22/h3-8,10-13,18,23-26,29,33H,9,14-17,19-20H2,1-2H3,(H,34,36)/t23?,24-,25-,26+,31-,32+/m0/s1. The van der Waals surface area contributed by atoms with Crippen LogP contribution in [0.1, 0.15) is 69.5 Å². The molecule has 1 amide bonds. The van der Waals surface area contributed by atoms with Crippen LogP contribution in [-0.4, -0.2) is 18.2 Å². The quantitative estimate of drug-likeness (QED) is 0.541. The van der Waals surface area contributed by atoms with E-state index >= 15 is 0 Å². The smallest absolute Gasteiger partial charge is 0.231 e. The number of nitrogens with one attached hydrogen (secondary N) is 2. The lowest BCUT2D eigenvalue weighted by Crippen LogP contribution is -2.58. The lowest BCUT2D eigenvalue weighted by atomic mass is 9.50. The fourth-order valence-electron chi connectivity index (χ4n) is 8.35. The van der Waals surface area contributed by atoms with Crippen molar-refractivity contribution in [1.29, 1.82) is 0 Å². The Balaban J connectivity index is 1.27. The van der Waals surface area contributed by atoms with E-state index in [1.807, 2.05) is 60.7 Å². The summed E-state index contributed by atoms with van der Waals surface area (Å²) in [7, 11) is 0. The van der Waals surface area contributed by atoms with Crippen LogP contribution in [0.25, 0.3) is 0 Å². The maximum atomic E-state index is 13.8. The van der Waals surface area contributed by atoms with Gasteiger partial charge in [-0.2, -0.15) is 0 Å². The van der Waals surface area contributed by atoms with Crippen molar-refractivity contribution in [2.45, 2.75) is 58.4 Å². The van der Waals surface area contributed by atoms with E-state index in [1.165, 1.54) is 32.1 Å². The summed E-state index contributed by atoms with van der Waals surface area (Å²) in [6, 6.07) is 19.8. The first-order valence-corrected chi connectivity index (χ1v) is 13.8. The summed E-state index contributed by atoms with van der Waals surface area (Å²) >= 11 is 0. The predicted octanol–water partition coefficient (Wildman–Crippen LogP) is 5.81. The Labute approximate surface area is 214 Å². The SMILES string of the molecule is C[C@@]12CCC[C@H]1[C@@H]1CNC3=CC(=O)C(C(=O)NC(c4ccccc4)c4ccccc4)C[C@]3(C)[C@@H]1CC2. The van der Waals surface area contributed by atoms with Gasteiger partial charge in [0.05, 0.1) is 6.04 Å². The fourth-order valence-corrected chi connectivity index (χ4v) is 8.35. The largest absolute Gasteiger partial charge is 0.387 e. The molecule has 0 bridgehead atoms.